The van der Waals surface area contributed by atoms with Crippen LogP contribution in [0.4, 0.5) is 5.82 Å². The summed E-state index contributed by atoms with van der Waals surface area (Å²) >= 11 is 0. The van der Waals surface area contributed by atoms with Crippen LogP contribution in [0.25, 0.3) is 0 Å². The van der Waals surface area contributed by atoms with Crippen molar-refractivity contribution in [2.45, 2.75) is 13.3 Å². The molecule has 2 N–H and O–H groups in total. The molecule has 2 heterocycles. The van der Waals surface area contributed by atoms with Gasteiger partial charge in [0.1, 0.15) is 5.76 Å². The SMILES string of the molecule is COc1ccc(C(=O)NN2C[C@@H](C(=O)OCC(=O)Nc3cc(C)on3)CC2=O)cc1OC. The molecule has 1 atom stereocenters. The number of esters is 1. The van der Waals surface area contributed by atoms with Gasteiger partial charge in [-0.3, -0.25) is 29.6 Å². The Bertz CT molecular complexity index is 1030. The summed E-state index contributed by atoms with van der Waals surface area (Å²) in [7, 11) is 2.91. The van der Waals surface area contributed by atoms with Crippen molar-refractivity contribution in [3.63, 3.8) is 0 Å². The van der Waals surface area contributed by atoms with E-state index in [9.17, 15) is 19.2 Å². The number of aromatic nitrogens is 1. The van der Waals surface area contributed by atoms with Crippen LogP contribution in [0.2, 0.25) is 0 Å². The zero-order chi connectivity index (χ0) is 23.3. The van der Waals surface area contributed by atoms with Gasteiger partial charge in [0, 0.05) is 18.1 Å². The zero-order valence-corrected chi connectivity index (χ0v) is 17.7. The van der Waals surface area contributed by atoms with Crippen molar-refractivity contribution in [1.82, 2.24) is 15.6 Å². The lowest BCUT2D eigenvalue weighted by Gasteiger charge is -2.18. The van der Waals surface area contributed by atoms with Gasteiger partial charge in [0.25, 0.3) is 11.8 Å². The minimum absolute atomic E-state index is 0.0825. The third kappa shape index (κ3) is 5.33. The Labute approximate surface area is 182 Å². The van der Waals surface area contributed by atoms with Crippen LogP contribution < -0.4 is 20.2 Å². The first-order chi connectivity index (χ1) is 15.3. The van der Waals surface area contributed by atoms with Crippen molar-refractivity contribution in [2.24, 2.45) is 5.92 Å². The number of rotatable bonds is 8. The summed E-state index contributed by atoms with van der Waals surface area (Å²) in [5.41, 5.74) is 2.70. The van der Waals surface area contributed by atoms with E-state index in [0.29, 0.717) is 17.3 Å². The van der Waals surface area contributed by atoms with Gasteiger partial charge in [0.05, 0.1) is 26.7 Å². The number of methoxy groups -OCH3 is 2. The summed E-state index contributed by atoms with van der Waals surface area (Å²) in [6.07, 6.45) is -0.158. The van der Waals surface area contributed by atoms with Gasteiger partial charge >= 0.3 is 5.97 Å². The van der Waals surface area contributed by atoms with Crippen molar-refractivity contribution in [3.8, 4) is 11.5 Å². The van der Waals surface area contributed by atoms with E-state index in [1.807, 2.05) is 0 Å². The van der Waals surface area contributed by atoms with E-state index in [0.717, 1.165) is 5.01 Å². The maximum Gasteiger partial charge on any atom is 0.311 e. The molecule has 0 unspecified atom stereocenters. The number of anilines is 1. The monoisotopic (exact) mass is 446 g/mol. The summed E-state index contributed by atoms with van der Waals surface area (Å²) in [5.74, 6) is -1.66. The summed E-state index contributed by atoms with van der Waals surface area (Å²) < 4.78 is 20.1. The molecule has 0 bridgehead atoms. The average Bonchev–Trinajstić information content (AvgIpc) is 3.36. The molecule has 0 aliphatic carbocycles. The molecule has 3 amide bonds. The van der Waals surface area contributed by atoms with Crippen molar-refractivity contribution in [2.75, 3.05) is 32.7 Å². The van der Waals surface area contributed by atoms with Gasteiger partial charge < -0.3 is 24.1 Å². The smallest absolute Gasteiger partial charge is 0.311 e. The Morgan fingerprint density at radius 2 is 1.94 bits per heavy atom. The van der Waals surface area contributed by atoms with E-state index >= 15 is 0 Å². The number of ether oxygens (including phenoxy) is 3. The lowest BCUT2D eigenvalue weighted by atomic mass is 10.1. The number of benzene rings is 1. The van der Waals surface area contributed by atoms with Gasteiger partial charge in [-0.25, -0.2) is 0 Å². The molecular weight excluding hydrogens is 424 g/mol. The third-order valence-corrected chi connectivity index (χ3v) is 4.58. The molecule has 0 saturated carbocycles. The number of carbonyl (C=O) groups is 4. The fraction of sp³-hybridized carbons (Fsp3) is 0.350. The van der Waals surface area contributed by atoms with Crippen LogP contribution in [-0.4, -0.2) is 61.2 Å². The zero-order valence-electron chi connectivity index (χ0n) is 17.7. The standard InChI is InChI=1S/C20H22N4O8/c1-11-6-16(23-32-11)21-17(25)10-31-20(28)13-8-18(26)24(9-13)22-19(27)12-4-5-14(29-2)15(7-12)30-3/h4-7,13H,8-10H2,1-3H3,(H,22,27)(H,21,23,25)/t13-/m0/s1. The average molecular weight is 446 g/mol. The van der Waals surface area contributed by atoms with E-state index in [1.165, 1.54) is 32.4 Å². The van der Waals surface area contributed by atoms with Crippen LogP contribution in [0.15, 0.2) is 28.8 Å². The molecule has 12 heteroatoms. The van der Waals surface area contributed by atoms with Crippen LogP contribution in [0, 0.1) is 12.8 Å². The maximum atomic E-state index is 12.5. The fourth-order valence-electron chi connectivity index (χ4n) is 3.00. The van der Waals surface area contributed by atoms with Gasteiger partial charge in [-0.15, -0.1) is 0 Å². The lowest BCUT2D eigenvalue weighted by molar-refractivity contribution is -0.151. The Hall–Kier alpha value is -4.09. The number of hydrogen-bond acceptors (Lipinski definition) is 9. The number of aryl methyl sites for hydroxylation is 1. The van der Waals surface area contributed by atoms with Gasteiger partial charge in [-0.1, -0.05) is 5.16 Å². The number of carbonyl (C=O) groups excluding carboxylic acids is 4. The van der Waals surface area contributed by atoms with Crippen molar-refractivity contribution in [1.29, 1.82) is 0 Å². The van der Waals surface area contributed by atoms with Crippen molar-refractivity contribution >= 4 is 29.5 Å². The third-order valence-electron chi connectivity index (χ3n) is 4.58. The number of nitrogens with zero attached hydrogens (tertiary/aromatic N) is 2. The van der Waals surface area contributed by atoms with E-state index < -0.39 is 36.2 Å². The molecule has 2 aromatic rings. The molecule has 170 valence electrons. The highest BCUT2D eigenvalue weighted by molar-refractivity contribution is 5.97. The lowest BCUT2D eigenvalue weighted by Crippen LogP contribution is -2.43. The highest BCUT2D eigenvalue weighted by Gasteiger charge is 2.36. The molecule has 1 aliphatic heterocycles. The minimum Gasteiger partial charge on any atom is -0.493 e. The molecule has 12 nitrogen and oxygen atoms in total. The molecular formula is C20H22N4O8. The van der Waals surface area contributed by atoms with E-state index in [1.54, 1.807) is 13.0 Å². The Morgan fingerprint density at radius 1 is 1.19 bits per heavy atom. The number of hydrogen-bond donors (Lipinski definition) is 2. The predicted octanol–water partition coefficient (Wildman–Crippen LogP) is 0.675. The second-order valence-corrected chi connectivity index (χ2v) is 6.89. The largest absolute Gasteiger partial charge is 0.493 e. The maximum absolute atomic E-state index is 12.5. The molecule has 32 heavy (non-hydrogen) atoms. The fourth-order valence-corrected chi connectivity index (χ4v) is 3.00. The van der Waals surface area contributed by atoms with Crippen LogP contribution in [0.3, 0.4) is 0 Å². The minimum atomic E-state index is -0.824. The predicted molar refractivity (Wildman–Crippen MR) is 108 cm³/mol. The summed E-state index contributed by atoms with van der Waals surface area (Å²) in [5, 5.41) is 7.06. The second-order valence-electron chi connectivity index (χ2n) is 6.89. The quantitative estimate of drug-likeness (QED) is 0.558. The van der Waals surface area contributed by atoms with Gasteiger partial charge in [0.15, 0.2) is 23.9 Å². The topological polar surface area (TPSA) is 149 Å². The van der Waals surface area contributed by atoms with E-state index in [2.05, 4.69) is 15.9 Å². The molecule has 0 spiro atoms. The summed E-state index contributed by atoms with van der Waals surface area (Å²) in [6.45, 7) is 1.03. The molecule has 1 aromatic heterocycles. The van der Waals surface area contributed by atoms with E-state index in [-0.39, 0.29) is 24.3 Å². The summed E-state index contributed by atoms with van der Waals surface area (Å²) in [6, 6.07) is 6.05. The Kier molecular flexibility index (Phi) is 6.93. The van der Waals surface area contributed by atoms with Crippen molar-refractivity contribution < 1.29 is 37.9 Å². The number of amides is 3. The van der Waals surface area contributed by atoms with Crippen molar-refractivity contribution in [3.05, 3.63) is 35.6 Å². The molecule has 1 aromatic carbocycles. The van der Waals surface area contributed by atoms with Crippen LogP contribution in [0.5, 0.6) is 11.5 Å². The first-order valence-electron chi connectivity index (χ1n) is 9.54. The molecule has 1 fully saturated rings. The Morgan fingerprint density at radius 3 is 2.59 bits per heavy atom. The first-order valence-corrected chi connectivity index (χ1v) is 9.54. The summed E-state index contributed by atoms with van der Waals surface area (Å²) in [4.78, 5) is 48.8. The van der Waals surface area contributed by atoms with Gasteiger partial charge in [-0.2, -0.15) is 0 Å². The van der Waals surface area contributed by atoms with E-state index in [4.69, 9.17) is 18.7 Å². The van der Waals surface area contributed by atoms with Crippen LogP contribution in [0.1, 0.15) is 22.5 Å². The Balaban J connectivity index is 1.51. The molecule has 0 radical (unpaired) electrons. The van der Waals surface area contributed by atoms with Gasteiger partial charge in [0.2, 0.25) is 5.91 Å². The highest BCUT2D eigenvalue weighted by atomic mass is 16.5. The molecule has 3 rings (SSSR count). The molecule has 1 aliphatic rings. The normalized spacial score (nSPS) is 15.3. The number of nitrogens with one attached hydrogen (secondary N) is 2. The first kappa shape index (κ1) is 22.6. The number of hydrazine groups is 1. The highest BCUT2D eigenvalue weighted by Crippen LogP contribution is 2.27. The van der Waals surface area contributed by atoms with Gasteiger partial charge in [-0.05, 0) is 25.1 Å². The van der Waals surface area contributed by atoms with Crippen LogP contribution >= 0.6 is 0 Å². The van der Waals surface area contributed by atoms with Crippen LogP contribution in [-0.2, 0) is 19.1 Å². The second kappa shape index (κ2) is 9.81. The molecule has 1 saturated heterocycles.